The number of amides is 3. The van der Waals surface area contributed by atoms with Crippen molar-refractivity contribution in [1.82, 2.24) is 9.80 Å². The van der Waals surface area contributed by atoms with Crippen molar-refractivity contribution in [3.8, 4) is 0 Å². The molecule has 0 bridgehead atoms. The average Bonchev–Trinajstić information content (AvgIpc) is 2.83. The maximum absolute atomic E-state index is 14.6. The molecule has 0 spiro atoms. The molecule has 0 aromatic heterocycles. The molecule has 0 saturated carbocycles. The lowest BCUT2D eigenvalue weighted by molar-refractivity contribution is -0.143. The number of hydrogen-bond acceptors (Lipinski definition) is 4. The van der Waals surface area contributed by atoms with Crippen LogP contribution in [0.15, 0.2) is 24.3 Å². The standard InChI is InChI=1S/C20H27FN2O4/c1-14(2)13-22(3)17(24)11-20(15-7-5-6-8-16(15)21)12-18(25)23(19(20)26)9-10-27-4/h5-8,14H,9-13H2,1-4H3. The summed E-state index contributed by atoms with van der Waals surface area (Å²) in [5.41, 5.74) is -1.42. The highest BCUT2D eigenvalue weighted by Crippen LogP contribution is 2.41. The largest absolute Gasteiger partial charge is 0.383 e. The number of carbonyl (C=O) groups is 3. The minimum absolute atomic E-state index is 0.0837. The summed E-state index contributed by atoms with van der Waals surface area (Å²) in [5.74, 6) is -1.59. The van der Waals surface area contributed by atoms with Gasteiger partial charge in [-0.1, -0.05) is 32.0 Å². The Hall–Kier alpha value is -2.28. The maximum Gasteiger partial charge on any atom is 0.241 e. The van der Waals surface area contributed by atoms with Crippen LogP contribution >= 0.6 is 0 Å². The van der Waals surface area contributed by atoms with E-state index >= 15 is 0 Å². The van der Waals surface area contributed by atoms with Gasteiger partial charge in [-0.2, -0.15) is 0 Å². The zero-order valence-electron chi connectivity index (χ0n) is 16.3. The Labute approximate surface area is 159 Å². The van der Waals surface area contributed by atoms with E-state index in [1.54, 1.807) is 13.1 Å². The van der Waals surface area contributed by atoms with Gasteiger partial charge in [-0.15, -0.1) is 0 Å². The summed E-state index contributed by atoms with van der Waals surface area (Å²) >= 11 is 0. The lowest BCUT2D eigenvalue weighted by atomic mass is 9.75. The Balaban J connectivity index is 2.42. The van der Waals surface area contributed by atoms with Crippen molar-refractivity contribution in [3.63, 3.8) is 0 Å². The van der Waals surface area contributed by atoms with E-state index in [0.29, 0.717) is 6.54 Å². The summed E-state index contributed by atoms with van der Waals surface area (Å²) in [6.45, 7) is 4.74. The second-order valence-electron chi connectivity index (χ2n) is 7.43. The van der Waals surface area contributed by atoms with Crippen molar-refractivity contribution in [1.29, 1.82) is 0 Å². The Kier molecular flexibility index (Phi) is 6.70. The SMILES string of the molecule is COCCN1C(=O)CC(CC(=O)N(C)CC(C)C)(c2ccccc2F)C1=O. The van der Waals surface area contributed by atoms with Crippen LogP contribution in [0.3, 0.4) is 0 Å². The summed E-state index contributed by atoms with van der Waals surface area (Å²) in [4.78, 5) is 41.1. The second-order valence-corrected chi connectivity index (χ2v) is 7.43. The van der Waals surface area contributed by atoms with Gasteiger partial charge >= 0.3 is 0 Å². The molecule has 6 nitrogen and oxygen atoms in total. The molecule has 27 heavy (non-hydrogen) atoms. The highest BCUT2D eigenvalue weighted by Gasteiger charge is 2.54. The van der Waals surface area contributed by atoms with E-state index in [4.69, 9.17) is 4.74 Å². The summed E-state index contributed by atoms with van der Waals surface area (Å²) in [6, 6.07) is 5.85. The molecular formula is C20H27FN2O4. The van der Waals surface area contributed by atoms with Gasteiger partial charge in [0, 0.05) is 39.1 Å². The number of likely N-dealkylation sites (tertiary alicyclic amines) is 1. The molecule has 1 aromatic rings. The van der Waals surface area contributed by atoms with E-state index < -0.39 is 23.0 Å². The Bertz CT molecular complexity index is 722. The van der Waals surface area contributed by atoms with Crippen LogP contribution in [0.5, 0.6) is 0 Å². The molecule has 3 amide bonds. The van der Waals surface area contributed by atoms with Crippen LogP contribution in [0.2, 0.25) is 0 Å². The second kappa shape index (κ2) is 8.61. The molecule has 148 valence electrons. The van der Waals surface area contributed by atoms with Crippen molar-refractivity contribution in [2.75, 3.05) is 33.9 Å². The predicted octanol–water partition coefficient (Wildman–Crippen LogP) is 1.97. The minimum atomic E-state index is -1.52. The summed E-state index contributed by atoms with van der Waals surface area (Å²) in [7, 11) is 3.13. The third-order valence-corrected chi connectivity index (χ3v) is 4.83. The number of halogens is 1. The van der Waals surface area contributed by atoms with Gasteiger partial charge in [-0.05, 0) is 12.0 Å². The number of ether oxygens (including phenoxy) is 1. The van der Waals surface area contributed by atoms with Gasteiger partial charge < -0.3 is 9.64 Å². The van der Waals surface area contributed by atoms with Crippen molar-refractivity contribution >= 4 is 17.7 Å². The predicted molar refractivity (Wildman–Crippen MR) is 98.4 cm³/mol. The van der Waals surface area contributed by atoms with E-state index in [0.717, 1.165) is 4.90 Å². The number of hydrogen-bond donors (Lipinski definition) is 0. The van der Waals surface area contributed by atoms with Gasteiger partial charge in [0.15, 0.2) is 0 Å². The first-order valence-electron chi connectivity index (χ1n) is 9.05. The van der Waals surface area contributed by atoms with Crippen LogP contribution in [-0.4, -0.2) is 61.4 Å². The Morgan fingerprint density at radius 1 is 1.33 bits per heavy atom. The van der Waals surface area contributed by atoms with Gasteiger partial charge in [0.1, 0.15) is 5.82 Å². The number of carbonyl (C=O) groups excluding carboxylic acids is 3. The molecule has 1 heterocycles. The van der Waals surface area contributed by atoms with Crippen molar-refractivity contribution < 1.29 is 23.5 Å². The van der Waals surface area contributed by atoms with Gasteiger partial charge in [0.2, 0.25) is 17.7 Å². The molecule has 1 saturated heterocycles. The van der Waals surface area contributed by atoms with Crippen LogP contribution in [0.25, 0.3) is 0 Å². The van der Waals surface area contributed by atoms with E-state index in [-0.39, 0.29) is 43.4 Å². The third-order valence-electron chi connectivity index (χ3n) is 4.83. The molecule has 7 heteroatoms. The van der Waals surface area contributed by atoms with Crippen molar-refractivity contribution in [3.05, 3.63) is 35.6 Å². The molecule has 1 aliphatic rings. The first kappa shape index (κ1) is 21.0. The smallest absolute Gasteiger partial charge is 0.241 e. The molecule has 1 unspecified atom stereocenters. The van der Waals surface area contributed by atoms with E-state index in [1.165, 1.54) is 30.2 Å². The summed E-state index contributed by atoms with van der Waals surface area (Å²) in [6.07, 6.45) is -0.469. The molecule has 0 N–H and O–H groups in total. The average molecular weight is 378 g/mol. The van der Waals surface area contributed by atoms with Gasteiger partial charge in [0.25, 0.3) is 0 Å². The molecule has 1 fully saturated rings. The van der Waals surface area contributed by atoms with Gasteiger partial charge in [-0.3, -0.25) is 19.3 Å². The molecule has 1 atom stereocenters. The molecule has 0 radical (unpaired) electrons. The first-order chi connectivity index (χ1) is 12.7. The zero-order valence-corrected chi connectivity index (χ0v) is 16.3. The topological polar surface area (TPSA) is 66.9 Å². The quantitative estimate of drug-likeness (QED) is 0.649. The zero-order chi connectivity index (χ0) is 20.2. The number of imide groups is 1. The molecular weight excluding hydrogens is 351 g/mol. The number of methoxy groups -OCH3 is 1. The highest BCUT2D eigenvalue weighted by molar-refractivity contribution is 6.10. The normalized spacial score (nSPS) is 19.9. The van der Waals surface area contributed by atoms with Gasteiger partial charge in [-0.25, -0.2) is 4.39 Å². The fourth-order valence-corrected chi connectivity index (χ4v) is 3.55. The lowest BCUT2D eigenvalue weighted by Crippen LogP contribution is -2.44. The Morgan fingerprint density at radius 2 is 2.00 bits per heavy atom. The van der Waals surface area contributed by atoms with E-state index in [9.17, 15) is 18.8 Å². The first-order valence-corrected chi connectivity index (χ1v) is 9.05. The Morgan fingerprint density at radius 3 is 2.59 bits per heavy atom. The summed E-state index contributed by atoms with van der Waals surface area (Å²) < 4.78 is 19.6. The molecule has 1 aromatic carbocycles. The van der Waals surface area contributed by atoms with Crippen LogP contribution in [0, 0.1) is 11.7 Å². The van der Waals surface area contributed by atoms with E-state index in [2.05, 4.69) is 0 Å². The molecule has 0 aliphatic carbocycles. The number of benzene rings is 1. The van der Waals surface area contributed by atoms with E-state index in [1.807, 2.05) is 13.8 Å². The van der Waals surface area contributed by atoms with Crippen LogP contribution in [0.1, 0.15) is 32.3 Å². The minimum Gasteiger partial charge on any atom is -0.383 e. The fraction of sp³-hybridized carbons (Fsp3) is 0.550. The maximum atomic E-state index is 14.6. The number of nitrogens with zero attached hydrogens (tertiary/aromatic N) is 2. The third kappa shape index (κ3) is 4.35. The van der Waals surface area contributed by atoms with Gasteiger partial charge in [0.05, 0.1) is 18.6 Å². The monoisotopic (exact) mass is 378 g/mol. The lowest BCUT2D eigenvalue weighted by Gasteiger charge is -2.30. The van der Waals surface area contributed by atoms with Crippen molar-refractivity contribution in [2.24, 2.45) is 5.92 Å². The summed E-state index contributed by atoms with van der Waals surface area (Å²) in [5, 5.41) is 0. The molecule has 1 aliphatic heterocycles. The molecule has 2 rings (SSSR count). The highest BCUT2D eigenvalue weighted by atomic mass is 19.1. The van der Waals surface area contributed by atoms with Crippen molar-refractivity contribution in [2.45, 2.75) is 32.1 Å². The number of rotatable bonds is 8. The van der Waals surface area contributed by atoms with Crippen LogP contribution in [0.4, 0.5) is 4.39 Å². The van der Waals surface area contributed by atoms with Crippen LogP contribution in [-0.2, 0) is 24.5 Å². The van der Waals surface area contributed by atoms with Crippen LogP contribution < -0.4 is 0 Å². The fourth-order valence-electron chi connectivity index (χ4n) is 3.55.